The van der Waals surface area contributed by atoms with E-state index in [1.54, 1.807) is 19.4 Å². The van der Waals surface area contributed by atoms with Crippen molar-refractivity contribution >= 4 is 22.4 Å². The summed E-state index contributed by atoms with van der Waals surface area (Å²) in [4.78, 5) is 12.6. The topological polar surface area (TPSA) is 51.5 Å². The zero-order chi connectivity index (χ0) is 23.2. The summed E-state index contributed by atoms with van der Waals surface area (Å²) in [5.74, 6) is 0.623. The van der Waals surface area contributed by atoms with E-state index in [0.29, 0.717) is 6.54 Å². The van der Waals surface area contributed by atoms with E-state index in [4.69, 9.17) is 9.15 Å². The second kappa shape index (κ2) is 10.2. The molecule has 0 fully saturated rings. The van der Waals surface area contributed by atoms with Crippen molar-refractivity contribution in [3.05, 3.63) is 95.8 Å². The van der Waals surface area contributed by atoms with Crippen molar-refractivity contribution in [3.63, 3.8) is 0 Å². The predicted molar refractivity (Wildman–Crippen MR) is 134 cm³/mol. The number of nitrogens with one attached hydrogen (secondary N) is 1. The molecule has 0 saturated carbocycles. The molecule has 1 aromatic heterocycles. The minimum Gasteiger partial charge on any atom is -0.496 e. The molecule has 0 aliphatic heterocycles. The summed E-state index contributed by atoms with van der Waals surface area (Å²) in [5, 5.41) is 4.01. The molecule has 168 valence electrons. The van der Waals surface area contributed by atoms with Gasteiger partial charge in [0.1, 0.15) is 11.3 Å². The minimum absolute atomic E-state index is 0.101. The Labute approximate surface area is 194 Å². The van der Waals surface area contributed by atoms with Gasteiger partial charge in [0.2, 0.25) is 5.91 Å². The zero-order valence-electron chi connectivity index (χ0n) is 19.4. The standard InChI is InChI=1S/C29H29NO3/c1-20(17-27(31)30-16-10-13-22-11-6-4-7-12-22)24-18-25-26(23-14-8-5-9-15-23)19-33-29(25)21(2)28(24)32-3/h4-9,11-12,14-15,17-19H,10,13,16H2,1-3H3,(H,30,31)/b20-17+. The molecule has 0 saturated heterocycles. The molecule has 1 amide bonds. The van der Waals surface area contributed by atoms with Gasteiger partial charge in [0.15, 0.2) is 0 Å². The number of aryl methyl sites for hydroxylation is 2. The van der Waals surface area contributed by atoms with E-state index in [9.17, 15) is 4.79 Å². The van der Waals surface area contributed by atoms with Gasteiger partial charge in [0.25, 0.3) is 0 Å². The van der Waals surface area contributed by atoms with Crippen LogP contribution in [-0.2, 0) is 11.2 Å². The second-order valence-corrected chi connectivity index (χ2v) is 8.18. The number of allylic oxidation sites excluding steroid dienone is 1. The number of carbonyl (C=O) groups excluding carboxylic acids is 1. The molecule has 0 radical (unpaired) electrons. The van der Waals surface area contributed by atoms with Gasteiger partial charge in [0.05, 0.1) is 13.4 Å². The van der Waals surface area contributed by atoms with Gasteiger partial charge in [-0.05, 0) is 49.5 Å². The maximum Gasteiger partial charge on any atom is 0.244 e. The fourth-order valence-corrected chi connectivity index (χ4v) is 4.19. The van der Waals surface area contributed by atoms with E-state index >= 15 is 0 Å². The van der Waals surface area contributed by atoms with Gasteiger partial charge < -0.3 is 14.5 Å². The van der Waals surface area contributed by atoms with Crippen molar-refractivity contribution in [3.8, 4) is 16.9 Å². The van der Waals surface area contributed by atoms with Crippen LogP contribution in [0.5, 0.6) is 5.75 Å². The van der Waals surface area contributed by atoms with E-state index in [1.807, 2.05) is 50.2 Å². The van der Waals surface area contributed by atoms with Crippen LogP contribution in [-0.4, -0.2) is 19.6 Å². The molecule has 1 N–H and O–H groups in total. The lowest BCUT2D eigenvalue weighted by atomic mass is 9.96. The van der Waals surface area contributed by atoms with E-state index < -0.39 is 0 Å². The fourth-order valence-electron chi connectivity index (χ4n) is 4.19. The van der Waals surface area contributed by atoms with Gasteiger partial charge in [-0.2, -0.15) is 0 Å². The van der Waals surface area contributed by atoms with Gasteiger partial charge in [0, 0.05) is 34.7 Å². The number of rotatable bonds is 8. The van der Waals surface area contributed by atoms with E-state index in [1.165, 1.54) is 5.56 Å². The smallest absolute Gasteiger partial charge is 0.244 e. The predicted octanol–water partition coefficient (Wildman–Crippen LogP) is 6.57. The molecule has 4 rings (SSSR count). The summed E-state index contributed by atoms with van der Waals surface area (Å²) in [6.45, 7) is 4.56. The first kappa shape index (κ1) is 22.4. The number of hydrogen-bond donors (Lipinski definition) is 1. The molecule has 0 unspecified atom stereocenters. The molecule has 0 aliphatic rings. The highest BCUT2D eigenvalue weighted by atomic mass is 16.5. The lowest BCUT2D eigenvalue weighted by molar-refractivity contribution is -0.116. The van der Waals surface area contributed by atoms with Crippen LogP contribution in [0.15, 0.2) is 83.5 Å². The summed E-state index contributed by atoms with van der Waals surface area (Å²) < 4.78 is 11.6. The molecule has 0 bridgehead atoms. The highest BCUT2D eigenvalue weighted by molar-refractivity contribution is 6.01. The van der Waals surface area contributed by atoms with Crippen LogP contribution in [0.1, 0.15) is 30.0 Å². The third kappa shape index (κ3) is 5.01. The third-order valence-corrected chi connectivity index (χ3v) is 5.89. The highest BCUT2D eigenvalue weighted by Crippen LogP contribution is 2.40. The van der Waals surface area contributed by atoms with Crippen molar-refractivity contribution < 1.29 is 13.9 Å². The Kier molecular flexibility index (Phi) is 6.94. The fraction of sp³-hybridized carbons (Fsp3) is 0.207. The van der Waals surface area contributed by atoms with E-state index in [-0.39, 0.29) is 5.91 Å². The Bertz CT molecular complexity index is 1270. The van der Waals surface area contributed by atoms with Crippen LogP contribution in [0, 0.1) is 6.92 Å². The van der Waals surface area contributed by atoms with Gasteiger partial charge in [-0.15, -0.1) is 0 Å². The molecular formula is C29H29NO3. The summed E-state index contributed by atoms with van der Waals surface area (Å²) in [5.41, 5.74) is 6.84. The number of benzene rings is 3. The summed E-state index contributed by atoms with van der Waals surface area (Å²) in [7, 11) is 1.65. The number of amides is 1. The minimum atomic E-state index is -0.101. The molecule has 4 aromatic rings. The molecule has 3 aromatic carbocycles. The van der Waals surface area contributed by atoms with Crippen LogP contribution in [0.2, 0.25) is 0 Å². The van der Waals surface area contributed by atoms with E-state index in [2.05, 4.69) is 35.6 Å². The van der Waals surface area contributed by atoms with Crippen LogP contribution >= 0.6 is 0 Å². The average molecular weight is 440 g/mol. The quantitative estimate of drug-likeness (QED) is 0.250. The molecule has 0 aliphatic carbocycles. The van der Waals surface area contributed by atoms with E-state index in [0.717, 1.165) is 57.4 Å². The maximum absolute atomic E-state index is 12.6. The molecule has 4 heteroatoms. The first-order valence-electron chi connectivity index (χ1n) is 11.2. The first-order valence-corrected chi connectivity index (χ1v) is 11.2. The van der Waals surface area contributed by atoms with Gasteiger partial charge >= 0.3 is 0 Å². The Hall–Kier alpha value is -3.79. The lowest BCUT2D eigenvalue weighted by Crippen LogP contribution is -2.22. The largest absolute Gasteiger partial charge is 0.496 e. The SMILES string of the molecule is COc1c(/C(C)=C/C(=O)NCCCc2ccccc2)cc2c(-c3ccccc3)coc2c1C. The number of furan rings is 1. The van der Waals surface area contributed by atoms with Gasteiger partial charge in [-0.3, -0.25) is 4.79 Å². The van der Waals surface area contributed by atoms with Crippen molar-refractivity contribution in [1.82, 2.24) is 5.32 Å². The van der Waals surface area contributed by atoms with Crippen LogP contribution in [0.25, 0.3) is 27.7 Å². The second-order valence-electron chi connectivity index (χ2n) is 8.18. The third-order valence-electron chi connectivity index (χ3n) is 5.89. The molecule has 4 nitrogen and oxygen atoms in total. The van der Waals surface area contributed by atoms with Crippen molar-refractivity contribution in [2.45, 2.75) is 26.7 Å². The number of hydrogen-bond acceptors (Lipinski definition) is 3. The number of carbonyl (C=O) groups is 1. The Morgan fingerprint density at radius 1 is 1.06 bits per heavy atom. The Morgan fingerprint density at radius 2 is 1.76 bits per heavy atom. The van der Waals surface area contributed by atoms with Gasteiger partial charge in [-0.1, -0.05) is 60.7 Å². The van der Waals surface area contributed by atoms with Crippen molar-refractivity contribution in [2.75, 3.05) is 13.7 Å². The zero-order valence-corrected chi connectivity index (χ0v) is 19.4. The molecule has 0 atom stereocenters. The number of methoxy groups -OCH3 is 1. The molecule has 0 spiro atoms. The van der Waals surface area contributed by atoms with Crippen LogP contribution in [0.3, 0.4) is 0 Å². The Balaban J connectivity index is 1.55. The van der Waals surface area contributed by atoms with Gasteiger partial charge in [-0.25, -0.2) is 0 Å². The van der Waals surface area contributed by atoms with Crippen LogP contribution < -0.4 is 10.1 Å². The summed E-state index contributed by atoms with van der Waals surface area (Å²) in [6.07, 6.45) is 5.27. The van der Waals surface area contributed by atoms with Crippen molar-refractivity contribution in [1.29, 1.82) is 0 Å². The summed E-state index contributed by atoms with van der Waals surface area (Å²) in [6, 6.07) is 22.5. The molecular weight excluding hydrogens is 410 g/mol. The van der Waals surface area contributed by atoms with Crippen LogP contribution in [0.4, 0.5) is 0 Å². The maximum atomic E-state index is 12.6. The molecule has 1 heterocycles. The first-order chi connectivity index (χ1) is 16.1. The van der Waals surface area contributed by atoms with Crippen molar-refractivity contribution in [2.24, 2.45) is 0 Å². The molecule has 33 heavy (non-hydrogen) atoms. The highest BCUT2D eigenvalue weighted by Gasteiger charge is 2.18. The monoisotopic (exact) mass is 439 g/mol. The number of fused-ring (bicyclic) bond motifs is 1. The Morgan fingerprint density at radius 3 is 2.45 bits per heavy atom. The number of ether oxygens (including phenoxy) is 1. The normalized spacial score (nSPS) is 11.5. The lowest BCUT2D eigenvalue weighted by Gasteiger charge is -2.13. The average Bonchev–Trinajstić information content (AvgIpc) is 3.27. The summed E-state index contributed by atoms with van der Waals surface area (Å²) >= 11 is 0.